The van der Waals surface area contributed by atoms with Crippen molar-refractivity contribution < 1.29 is 4.79 Å². The Hall–Kier alpha value is -0.330. The number of amides is 1. The Kier molecular flexibility index (Phi) is 4.64. The molecule has 17 heavy (non-hydrogen) atoms. The Balaban J connectivity index is 2.02. The first-order chi connectivity index (χ1) is 8.16. The summed E-state index contributed by atoms with van der Waals surface area (Å²) < 4.78 is 1.06. The fourth-order valence-electron chi connectivity index (χ4n) is 1.91. The molecule has 1 aromatic carbocycles. The second-order valence-electron chi connectivity index (χ2n) is 4.14. The molecule has 0 bridgehead atoms. The third-order valence-electron chi connectivity index (χ3n) is 2.90. The summed E-state index contributed by atoms with van der Waals surface area (Å²) in [6.07, 6.45) is 1.79. The van der Waals surface area contributed by atoms with Gasteiger partial charge in [0.05, 0.1) is 10.7 Å². The highest BCUT2D eigenvalue weighted by Crippen LogP contribution is 2.25. The maximum absolute atomic E-state index is 12.0. The molecule has 0 aromatic heterocycles. The molecule has 0 spiro atoms. The summed E-state index contributed by atoms with van der Waals surface area (Å²) in [5, 5.41) is 6.75. The summed E-state index contributed by atoms with van der Waals surface area (Å²) >= 11 is 8.27. The van der Waals surface area contributed by atoms with Crippen LogP contribution in [0.4, 0.5) is 5.69 Å². The van der Waals surface area contributed by atoms with Crippen LogP contribution < -0.4 is 10.6 Å². The summed E-state index contributed by atoms with van der Waals surface area (Å²) in [5.41, 5.74) is 0.704. The predicted molar refractivity (Wildman–Crippen MR) is 78.4 cm³/mol. The lowest BCUT2D eigenvalue weighted by Gasteiger charge is -2.22. The van der Waals surface area contributed by atoms with Crippen LogP contribution in [0.3, 0.4) is 0 Å². The second-order valence-corrected chi connectivity index (χ2v) is 5.79. The number of hydrogen-bond donors (Lipinski definition) is 2. The quantitative estimate of drug-likeness (QED) is 0.792. The summed E-state index contributed by atoms with van der Waals surface area (Å²) in [6.45, 7) is 1.83. The molecule has 0 radical (unpaired) electrons. The number of hydrogen-bond acceptors (Lipinski definition) is 2. The molecule has 2 rings (SSSR count). The zero-order valence-electron chi connectivity index (χ0n) is 9.30. The van der Waals surface area contributed by atoms with Gasteiger partial charge in [-0.15, -0.1) is 0 Å². The Morgan fingerprint density at radius 2 is 2.12 bits per heavy atom. The van der Waals surface area contributed by atoms with Crippen LogP contribution in [0.1, 0.15) is 12.8 Å². The summed E-state index contributed by atoms with van der Waals surface area (Å²) in [6, 6.07) is 5.63. The van der Waals surface area contributed by atoms with Gasteiger partial charge in [0, 0.05) is 9.49 Å². The van der Waals surface area contributed by atoms with E-state index >= 15 is 0 Å². The summed E-state index contributed by atoms with van der Waals surface area (Å²) in [5.74, 6) is 0.182. The number of nitrogens with one attached hydrogen (secondary N) is 2. The van der Waals surface area contributed by atoms with E-state index in [9.17, 15) is 4.79 Å². The van der Waals surface area contributed by atoms with Gasteiger partial charge < -0.3 is 10.6 Å². The van der Waals surface area contributed by atoms with E-state index in [1.165, 1.54) is 0 Å². The number of carbonyl (C=O) groups excluding carboxylic acids is 1. The van der Waals surface area contributed by atoms with Crippen LogP contribution in [0, 0.1) is 9.49 Å². The minimum Gasteiger partial charge on any atom is -0.325 e. The van der Waals surface area contributed by atoms with Crippen LogP contribution >= 0.6 is 34.2 Å². The molecule has 1 amide bonds. The lowest BCUT2D eigenvalue weighted by atomic mass is 9.97. The van der Waals surface area contributed by atoms with Gasteiger partial charge in [-0.1, -0.05) is 11.6 Å². The van der Waals surface area contributed by atoms with E-state index < -0.39 is 0 Å². The van der Waals surface area contributed by atoms with Gasteiger partial charge in [0.1, 0.15) is 0 Å². The van der Waals surface area contributed by atoms with Gasteiger partial charge in [-0.25, -0.2) is 0 Å². The van der Waals surface area contributed by atoms with Crippen molar-refractivity contribution in [1.29, 1.82) is 0 Å². The van der Waals surface area contributed by atoms with Crippen LogP contribution in [-0.2, 0) is 4.79 Å². The molecule has 1 fully saturated rings. The Morgan fingerprint density at radius 1 is 1.41 bits per heavy atom. The highest BCUT2D eigenvalue weighted by atomic mass is 127. The van der Waals surface area contributed by atoms with Crippen LogP contribution in [0.15, 0.2) is 18.2 Å². The first-order valence-electron chi connectivity index (χ1n) is 5.63. The molecular weight excluding hydrogens is 351 g/mol. The highest BCUT2D eigenvalue weighted by Gasteiger charge is 2.21. The zero-order valence-corrected chi connectivity index (χ0v) is 12.2. The standard InChI is InChI=1S/C12H14ClIN2O/c13-10-7-9(14)1-2-11(10)16-12(17)8-3-5-15-6-4-8/h1-2,7-8,15H,3-6H2,(H,16,17). The third kappa shape index (κ3) is 3.56. The van der Waals surface area contributed by atoms with Crippen molar-refractivity contribution in [3.05, 3.63) is 26.8 Å². The molecule has 0 atom stereocenters. The van der Waals surface area contributed by atoms with Gasteiger partial charge in [-0.2, -0.15) is 0 Å². The molecule has 1 aromatic rings. The predicted octanol–water partition coefficient (Wildman–Crippen LogP) is 2.88. The molecule has 1 aliphatic heterocycles. The van der Waals surface area contributed by atoms with Gasteiger partial charge in [-0.3, -0.25) is 4.79 Å². The number of carbonyl (C=O) groups is 1. The maximum Gasteiger partial charge on any atom is 0.227 e. The Bertz CT molecular complexity index is 419. The largest absolute Gasteiger partial charge is 0.325 e. The molecule has 2 N–H and O–H groups in total. The molecule has 1 aliphatic rings. The second kappa shape index (κ2) is 6.02. The average Bonchev–Trinajstić information content (AvgIpc) is 2.34. The Labute approximate surface area is 119 Å². The number of halogens is 2. The van der Waals surface area contributed by atoms with Gasteiger partial charge >= 0.3 is 0 Å². The van der Waals surface area contributed by atoms with Crippen LogP contribution in [0.5, 0.6) is 0 Å². The van der Waals surface area contributed by atoms with Crippen LogP contribution in [-0.4, -0.2) is 19.0 Å². The molecule has 92 valence electrons. The number of benzene rings is 1. The zero-order chi connectivity index (χ0) is 12.3. The Morgan fingerprint density at radius 3 is 2.76 bits per heavy atom. The highest BCUT2D eigenvalue weighted by molar-refractivity contribution is 14.1. The van der Waals surface area contributed by atoms with Gasteiger partial charge in [0.25, 0.3) is 0 Å². The van der Waals surface area contributed by atoms with E-state index in [1.54, 1.807) is 0 Å². The molecule has 3 nitrogen and oxygen atoms in total. The lowest BCUT2D eigenvalue weighted by molar-refractivity contribution is -0.120. The first kappa shape index (κ1) is 13.1. The normalized spacial score (nSPS) is 16.8. The van der Waals surface area contributed by atoms with Crippen LogP contribution in [0.25, 0.3) is 0 Å². The van der Waals surface area contributed by atoms with E-state index in [2.05, 4.69) is 33.2 Å². The molecule has 1 saturated heterocycles. The van der Waals surface area contributed by atoms with Crippen molar-refractivity contribution in [2.75, 3.05) is 18.4 Å². The van der Waals surface area contributed by atoms with E-state index in [1.807, 2.05) is 18.2 Å². The molecule has 0 saturated carbocycles. The minimum absolute atomic E-state index is 0.0783. The molecular formula is C12H14ClIN2O. The van der Waals surface area contributed by atoms with Gasteiger partial charge in [0.15, 0.2) is 0 Å². The minimum atomic E-state index is 0.0783. The van der Waals surface area contributed by atoms with E-state index in [0.717, 1.165) is 29.5 Å². The van der Waals surface area contributed by atoms with Crippen molar-refractivity contribution in [1.82, 2.24) is 5.32 Å². The lowest BCUT2D eigenvalue weighted by Crippen LogP contribution is -2.34. The van der Waals surface area contributed by atoms with Crippen molar-refractivity contribution >= 4 is 45.8 Å². The first-order valence-corrected chi connectivity index (χ1v) is 7.09. The third-order valence-corrected chi connectivity index (χ3v) is 3.88. The molecule has 5 heteroatoms. The fraction of sp³-hybridized carbons (Fsp3) is 0.417. The van der Waals surface area contributed by atoms with E-state index in [0.29, 0.717) is 10.7 Å². The maximum atomic E-state index is 12.0. The monoisotopic (exact) mass is 364 g/mol. The van der Waals surface area contributed by atoms with Crippen molar-refractivity contribution in [2.24, 2.45) is 5.92 Å². The topological polar surface area (TPSA) is 41.1 Å². The smallest absolute Gasteiger partial charge is 0.227 e. The number of anilines is 1. The van der Waals surface area contributed by atoms with Gasteiger partial charge in [0.2, 0.25) is 5.91 Å². The average molecular weight is 365 g/mol. The molecule has 1 heterocycles. The summed E-state index contributed by atoms with van der Waals surface area (Å²) in [4.78, 5) is 12.0. The van der Waals surface area contributed by atoms with E-state index in [-0.39, 0.29) is 11.8 Å². The SMILES string of the molecule is O=C(Nc1ccc(I)cc1Cl)C1CCNCC1. The molecule has 0 aliphatic carbocycles. The van der Waals surface area contributed by atoms with Crippen molar-refractivity contribution in [2.45, 2.75) is 12.8 Å². The number of piperidine rings is 1. The number of rotatable bonds is 2. The van der Waals surface area contributed by atoms with E-state index in [4.69, 9.17) is 11.6 Å². The summed E-state index contributed by atoms with van der Waals surface area (Å²) in [7, 11) is 0. The van der Waals surface area contributed by atoms with Crippen LogP contribution in [0.2, 0.25) is 5.02 Å². The van der Waals surface area contributed by atoms with Gasteiger partial charge in [-0.05, 0) is 66.7 Å². The van der Waals surface area contributed by atoms with Crippen molar-refractivity contribution in [3.63, 3.8) is 0 Å². The fourth-order valence-corrected chi connectivity index (χ4v) is 2.81. The van der Waals surface area contributed by atoms with Crippen molar-refractivity contribution in [3.8, 4) is 0 Å². The molecule has 0 unspecified atom stereocenters.